The molecule has 1 aliphatic rings. The van der Waals surface area contributed by atoms with Crippen molar-refractivity contribution >= 4 is 6.08 Å². The van der Waals surface area contributed by atoms with Crippen molar-refractivity contribution in [3.63, 3.8) is 0 Å². The van der Waals surface area contributed by atoms with Crippen molar-refractivity contribution in [1.29, 1.82) is 0 Å². The minimum Gasteiger partial charge on any atom is -0.493 e. The van der Waals surface area contributed by atoms with E-state index in [4.69, 9.17) is 28.4 Å². The van der Waals surface area contributed by atoms with Crippen molar-refractivity contribution in [2.24, 2.45) is 0 Å². The zero-order valence-electron chi connectivity index (χ0n) is 17.2. The van der Waals surface area contributed by atoms with Gasteiger partial charge in [0.15, 0.2) is 23.0 Å². The predicted octanol–water partition coefficient (Wildman–Crippen LogP) is 3.98. The fraction of sp³-hybridized carbons (Fsp3) is 0.364. The maximum Gasteiger partial charge on any atom is 0.231 e. The largest absolute Gasteiger partial charge is 0.493 e. The van der Waals surface area contributed by atoms with Crippen molar-refractivity contribution in [2.45, 2.75) is 26.1 Å². The lowest BCUT2D eigenvalue weighted by molar-refractivity contribution is 0.0432. The van der Waals surface area contributed by atoms with Crippen LogP contribution >= 0.6 is 0 Å². The van der Waals surface area contributed by atoms with Gasteiger partial charge in [-0.15, -0.1) is 0 Å². The molecule has 0 saturated carbocycles. The number of aliphatic hydroxyl groups excluding tert-OH is 1. The van der Waals surface area contributed by atoms with Gasteiger partial charge in [-0.2, -0.15) is 0 Å². The number of fused-ring (bicyclic) bond motifs is 1. The fourth-order valence-corrected chi connectivity index (χ4v) is 3.15. The molecular weight excluding hydrogens is 376 g/mol. The van der Waals surface area contributed by atoms with Crippen LogP contribution in [0.25, 0.3) is 6.08 Å². The number of aliphatic hydroxyl groups is 1. The fourth-order valence-electron chi connectivity index (χ4n) is 3.15. The van der Waals surface area contributed by atoms with Crippen LogP contribution in [0.5, 0.6) is 34.5 Å². The second-order valence-electron chi connectivity index (χ2n) is 6.48. The monoisotopic (exact) mass is 402 g/mol. The maximum atomic E-state index is 10.9. The molecule has 0 bridgehead atoms. The van der Waals surface area contributed by atoms with E-state index in [1.165, 1.54) is 7.11 Å². The van der Waals surface area contributed by atoms with Gasteiger partial charge >= 0.3 is 0 Å². The number of allylic oxidation sites excluding steroid dienone is 1. The zero-order valence-corrected chi connectivity index (χ0v) is 17.2. The first-order chi connectivity index (χ1) is 14.0. The molecular formula is C22H26O7. The Balaban J connectivity index is 1.89. The summed E-state index contributed by atoms with van der Waals surface area (Å²) in [7, 11) is 4.66. The van der Waals surface area contributed by atoms with Crippen LogP contribution in [0.3, 0.4) is 0 Å². The van der Waals surface area contributed by atoms with Crippen LogP contribution in [0.2, 0.25) is 0 Å². The van der Waals surface area contributed by atoms with Gasteiger partial charge in [-0.05, 0) is 49.2 Å². The van der Waals surface area contributed by atoms with Crippen LogP contribution in [0.15, 0.2) is 30.3 Å². The second kappa shape index (κ2) is 8.96. The van der Waals surface area contributed by atoms with Gasteiger partial charge in [-0.1, -0.05) is 12.2 Å². The molecule has 0 aliphatic carbocycles. The summed E-state index contributed by atoms with van der Waals surface area (Å²) in [6.07, 6.45) is 2.29. The van der Waals surface area contributed by atoms with Crippen molar-refractivity contribution in [3.8, 4) is 34.5 Å². The van der Waals surface area contributed by atoms with Gasteiger partial charge in [0.25, 0.3) is 0 Å². The molecule has 0 fully saturated rings. The Labute approximate surface area is 170 Å². The minimum absolute atomic E-state index is 0.115. The molecule has 2 atom stereocenters. The molecule has 1 aliphatic heterocycles. The van der Waals surface area contributed by atoms with E-state index in [0.717, 1.165) is 5.56 Å². The average Bonchev–Trinajstić information content (AvgIpc) is 3.21. The molecule has 1 heterocycles. The number of hydrogen-bond donors (Lipinski definition) is 1. The molecule has 0 amide bonds. The minimum atomic E-state index is -0.956. The van der Waals surface area contributed by atoms with Crippen molar-refractivity contribution < 1.29 is 33.5 Å². The topological polar surface area (TPSA) is 75.6 Å². The molecule has 29 heavy (non-hydrogen) atoms. The number of ether oxygens (including phenoxy) is 6. The van der Waals surface area contributed by atoms with Crippen LogP contribution < -0.4 is 28.4 Å². The summed E-state index contributed by atoms with van der Waals surface area (Å²) in [6, 6.07) is 7.13. The Morgan fingerprint density at radius 3 is 2.21 bits per heavy atom. The first kappa shape index (κ1) is 20.7. The Morgan fingerprint density at radius 2 is 1.62 bits per heavy atom. The van der Waals surface area contributed by atoms with Crippen molar-refractivity contribution in [2.75, 3.05) is 28.1 Å². The highest BCUT2D eigenvalue weighted by Crippen LogP contribution is 2.44. The number of methoxy groups -OCH3 is 3. The summed E-state index contributed by atoms with van der Waals surface area (Å²) < 4.78 is 33.2. The van der Waals surface area contributed by atoms with Crippen LogP contribution in [-0.2, 0) is 0 Å². The number of benzene rings is 2. The summed E-state index contributed by atoms with van der Waals surface area (Å²) in [5.41, 5.74) is 1.50. The summed E-state index contributed by atoms with van der Waals surface area (Å²) >= 11 is 0. The molecule has 0 aromatic heterocycles. The Bertz CT molecular complexity index is 866. The first-order valence-electron chi connectivity index (χ1n) is 9.23. The number of rotatable bonds is 8. The van der Waals surface area contributed by atoms with Crippen LogP contribution in [-0.4, -0.2) is 39.3 Å². The molecule has 2 aromatic carbocycles. The van der Waals surface area contributed by atoms with E-state index in [2.05, 4.69) is 0 Å². The molecule has 1 N–H and O–H groups in total. The lowest BCUT2D eigenvalue weighted by Crippen LogP contribution is -2.22. The Kier molecular flexibility index (Phi) is 6.39. The van der Waals surface area contributed by atoms with Crippen molar-refractivity contribution in [3.05, 3.63) is 41.5 Å². The third-order valence-corrected chi connectivity index (χ3v) is 4.61. The molecule has 156 valence electrons. The lowest BCUT2D eigenvalue weighted by atomic mass is 10.0. The molecule has 7 heteroatoms. The SMILES string of the molecule is C/C=C/c1cc(OC)c(O[C@H](C)[C@H](O)c2cc(OC)c3c(c2)OCO3)c(OC)c1. The smallest absolute Gasteiger partial charge is 0.231 e. The Hall–Kier alpha value is -3.06. The third-order valence-electron chi connectivity index (χ3n) is 4.61. The summed E-state index contributed by atoms with van der Waals surface area (Å²) in [6.45, 7) is 3.81. The van der Waals surface area contributed by atoms with Gasteiger partial charge in [-0.25, -0.2) is 0 Å². The van der Waals surface area contributed by atoms with E-state index in [0.29, 0.717) is 40.1 Å². The van der Waals surface area contributed by atoms with E-state index >= 15 is 0 Å². The quantitative estimate of drug-likeness (QED) is 0.716. The van der Waals surface area contributed by atoms with Gasteiger partial charge in [0, 0.05) is 0 Å². The van der Waals surface area contributed by atoms with E-state index in [1.807, 2.05) is 31.2 Å². The molecule has 3 rings (SSSR count). The molecule has 0 unspecified atom stereocenters. The molecule has 0 saturated heterocycles. The van der Waals surface area contributed by atoms with Crippen LogP contribution in [0.4, 0.5) is 0 Å². The number of hydrogen-bond acceptors (Lipinski definition) is 7. The predicted molar refractivity (Wildman–Crippen MR) is 108 cm³/mol. The first-order valence-corrected chi connectivity index (χ1v) is 9.23. The normalized spacial score (nSPS) is 14.6. The molecule has 2 aromatic rings. The molecule has 7 nitrogen and oxygen atoms in total. The summed E-state index contributed by atoms with van der Waals surface area (Å²) in [4.78, 5) is 0. The van der Waals surface area contributed by atoms with Crippen LogP contribution in [0.1, 0.15) is 31.1 Å². The third kappa shape index (κ3) is 4.19. The van der Waals surface area contributed by atoms with Gasteiger partial charge in [0.2, 0.25) is 18.3 Å². The zero-order chi connectivity index (χ0) is 21.0. The summed E-state index contributed by atoms with van der Waals surface area (Å²) in [5, 5.41) is 10.9. The molecule has 0 radical (unpaired) electrons. The van der Waals surface area contributed by atoms with E-state index in [1.54, 1.807) is 33.3 Å². The van der Waals surface area contributed by atoms with E-state index < -0.39 is 12.2 Å². The van der Waals surface area contributed by atoms with Gasteiger partial charge < -0.3 is 33.5 Å². The van der Waals surface area contributed by atoms with Crippen molar-refractivity contribution in [1.82, 2.24) is 0 Å². The summed E-state index contributed by atoms with van der Waals surface area (Å²) in [5.74, 6) is 2.99. The average molecular weight is 402 g/mol. The highest BCUT2D eigenvalue weighted by atomic mass is 16.7. The van der Waals surface area contributed by atoms with E-state index in [9.17, 15) is 5.11 Å². The second-order valence-corrected chi connectivity index (χ2v) is 6.48. The van der Waals surface area contributed by atoms with E-state index in [-0.39, 0.29) is 6.79 Å². The molecule has 0 spiro atoms. The maximum absolute atomic E-state index is 10.9. The highest BCUT2D eigenvalue weighted by molar-refractivity contribution is 5.62. The lowest BCUT2D eigenvalue weighted by Gasteiger charge is -2.24. The Morgan fingerprint density at radius 1 is 0.966 bits per heavy atom. The van der Waals surface area contributed by atoms with Gasteiger partial charge in [-0.3, -0.25) is 0 Å². The highest BCUT2D eigenvalue weighted by Gasteiger charge is 2.27. The van der Waals surface area contributed by atoms with Gasteiger partial charge in [0.1, 0.15) is 12.2 Å². The standard InChI is InChI=1S/C22H26O7/c1-6-7-14-8-16(24-3)22(17(9-14)25-4)29-13(2)20(23)15-10-18(26-5)21-19(11-15)27-12-28-21/h6-11,13,20,23H,12H2,1-5H3/b7-6+/t13-,20+/m1/s1. The van der Waals surface area contributed by atoms with Crippen LogP contribution in [0, 0.1) is 0 Å². The van der Waals surface area contributed by atoms with Gasteiger partial charge in [0.05, 0.1) is 21.3 Å².